The molecular formula is C16H12ClFN2O2S. The maximum absolute atomic E-state index is 13.7. The highest BCUT2D eigenvalue weighted by atomic mass is 35.5. The lowest BCUT2D eigenvalue weighted by atomic mass is 10.2. The van der Waals surface area contributed by atoms with Crippen molar-refractivity contribution in [1.29, 1.82) is 0 Å². The van der Waals surface area contributed by atoms with E-state index in [0.29, 0.717) is 16.0 Å². The van der Waals surface area contributed by atoms with Crippen molar-refractivity contribution in [1.82, 2.24) is 10.2 Å². The lowest BCUT2D eigenvalue weighted by Gasteiger charge is -2.07. The number of aromatic nitrogens is 2. The summed E-state index contributed by atoms with van der Waals surface area (Å²) in [5.74, 6) is 1.03. The zero-order valence-corrected chi connectivity index (χ0v) is 13.7. The molecule has 0 radical (unpaired) electrons. The van der Waals surface area contributed by atoms with Crippen LogP contribution in [-0.4, -0.2) is 17.3 Å². The van der Waals surface area contributed by atoms with Gasteiger partial charge in [-0.2, -0.15) is 0 Å². The van der Waals surface area contributed by atoms with Crippen molar-refractivity contribution in [3.05, 3.63) is 58.9 Å². The van der Waals surface area contributed by atoms with Crippen molar-refractivity contribution in [3.63, 3.8) is 0 Å². The Morgan fingerprint density at radius 1 is 1.22 bits per heavy atom. The molecule has 0 amide bonds. The summed E-state index contributed by atoms with van der Waals surface area (Å²) < 4.78 is 24.5. The molecule has 3 rings (SSSR count). The monoisotopic (exact) mass is 350 g/mol. The van der Waals surface area contributed by atoms with E-state index < -0.39 is 5.82 Å². The Balaban J connectivity index is 1.76. The maximum atomic E-state index is 13.7. The number of nitrogens with zero attached hydrogens (tertiary/aromatic N) is 2. The Morgan fingerprint density at radius 3 is 2.83 bits per heavy atom. The molecule has 118 valence electrons. The van der Waals surface area contributed by atoms with E-state index in [0.717, 1.165) is 11.3 Å². The average Bonchev–Trinajstić information content (AvgIpc) is 3.02. The predicted octanol–water partition coefficient (Wildman–Crippen LogP) is 4.83. The molecule has 4 nitrogen and oxygen atoms in total. The predicted molar refractivity (Wildman–Crippen MR) is 87.3 cm³/mol. The van der Waals surface area contributed by atoms with E-state index in [9.17, 15) is 4.39 Å². The van der Waals surface area contributed by atoms with E-state index in [2.05, 4.69) is 10.2 Å². The van der Waals surface area contributed by atoms with E-state index in [-0.39, 0.29) is 11.5 Å². The smallest absolute Gasteiger partial charge is 0.277 e. The Labute approximate surface area is 141 Å². The Hall–Kier alpha value is -2.05. The number of hydrogen-bond acceptors (Lipinski definition) is 5. The maximum Gasteiger partial charge on any atom is 0.277 e. The molecular weight excluding hydrogens is 339 g/mol. The molecule has 0 saturated carbocycles. The molecule has 0 spiro atoms. The minimum absolute atomic E-state index is 0.156. The van der Waals surface area contributed by atoms with Gasteiger partial charge in [-0.05, 0) is 30.3 Å². The van der Waals surface area contributed by atoms with Gasteiger partial charge in [-0.15, -0.1) is 10.2 Å². The summed E-state index contributed by atoms with van der Waals surface area (Å²) in [6.45, 7) is 0. The SMILES string of the molecule is COc1ccc(Cl)cc1CSc1nnc(-c2ccccc2F)o1. The molecule has 7 heteroatoms. The van der Waals surface area contributed by atoms with E-state index in [1.807, 2.05) is 6.07 Å². The van der Waals surface area contributed by atoms with Crippen LogP contribution in [0.2, 0.25) is 5.02 Å². The van der Waals surface area contributed by atoms with Crippen molar-refractivity contribution >= 4 is 23.4 Å². The van der Waals surface area contributed by atoms with Gasteiger partial charge in [-0.3, -0.25) is 0 Å². The number of halogens is 2. The van der Waals surface area contributed by atoms with Crippen LogP contribution in [0.15, 0.2) is 52.1 Å². The van der Waals surface area contributed by atoms with Crippen LogP contribution in [0.3, 0.4) is 0 Å². The van der Waals surface area contributed by atoms with Crippen molar-refractivity contribution in [2.24, 2.45) is 0 Å². The van der Waals surface area contributed by atoms with E-state index in [1.165, 1.54) is 17.8 Å². The zero-order chi connectivity index (χ0) is 16.2. The van der Waals surface area contributed by atoms with Crippen LogP contribution in [-0.2, 0) is 5.75 Å². The Bertz CT molecular complexity index is 825. The Morgan fingerprint density at radius 2 is 2.04 bits per heavy atom. The summed E-state index contributed by atoms with van der Waals surface area (Å²) in [6, 6.07) is 11.7. The summed E-state index contributed by atoms with van der Waals surface area (Å²) in [4.78, 5) is 0. The van der Waals surface area contributed by atoms with Crippen LogP contribution in [0.1, 0.15) is 5.56 Å². The number of benzene rings is 2. The number of thioether (sulfide) groups is 1. The molecule has 0 atom stereocenters. The minimum atomic E-state index is -0.399. The van der Waals surface area contributed by atoms with Gasteiger partial charge in [0.05, 0.1) is 12.7 Å². The third-order valence-electron chi connectivity index (χ3n) is 3.10. The molecule has 0 aliphatic heterocycles. The van der Waals surface area contributed by atoms with Gasteiger partial charge in [-0.25, -0.2) is 4.39 Å². The van der Waals surface area contributed by atoms with E-state index in [1.54, 1.807) is 37.4 Å². The van der Waals surface area contributed by atoms with Crippen molar-refractivity contribution in [3.8, 4) is 17.2 Å². The fourth-order valence-electron chi connectivity index (χ4n) is 2.01. The molecule has 3 aromatic rings. The zero-order valence-electron chi connectivity index (χ0n) is 12.1. The van der Waals surface area contributed by atoms with Crippen LogP contribution >= 0.6 is 23.4 Å². The second kappa shape index (κ2) is 7.02. The van der Waals surface area contributed by atoms with E-state index in [4.69, 9.17) is 20.8 Å². The topological polar surface area (TPSA) is 48.2 Å². The first-order valence-electron chi connectivity index (χ1n) is 6.71. The first kappa shape index (κ1) is 15.8. The number of rotatable bonds is 5. The molecule has 0 unspecified atom stereocenters. The summed E-state index contributed by atoms with van der Waals surface area (Å²) in [7, 11) is 1.60. The van der Waals surface area contributed by atoms with Gasteiger partial charge in [0.2, 0.25) is 0 Å². The minimum Gasteiger partial charge on any atom is -0.496 e. The Kier molecular flexibility index (Phi) is 4.83. The highest BCUT2D eigenvalue weighted by Crippen LogP contribution is 2.31. The van der Waals surface area contributed by atoms with Crippen LogP contribution in [0.4, 0.5) is 4.39 Å². The van der Waals surface area contributed by atoms with Gasteiger partial charge >= 0.3 is 0 Å². The summed E-state index contributed by atoms with van der Waals surface area (Å²) in [6.07, 6.45) is 0. The van der Waals surface area contributed by atoms with Crippen LogP contribution in [0.25, 0.3) is 11.5 Å². The number of ether oxygens (including phenoxy) is 1. The first-order valence-corrected chi connectivity index (χ1v) is 8.07. The van der Waals surface area contributed by atoms with Gasteiger partial charge in [0.25, 0.3) is 11.1 Å². The second-order valence-electron chi connectivity index (χ2n) is 4.60. The van der Waals surface area contributed by atoms with Crippen molar-refractivity contribution in [2.75, 3.05) is 7.11 Å². The quantitative estimate of drug-likeness (QED) is 0.617. The fraction of sp³-hybridized carbons (Fsp3) is 0.125. The molecule has 1 aromatic heterocycles. The van der Waals surface area contributed by atoms with Crippen LogP contribution < -0.4 is 4.74 Å². The average molecular weight is 351 g/mol. The number of hydrogen-bond donors (Lipinski definition) is 0. The normalized spacial score (nSPS) is 10.7. The molecule has 0 aliphatic rings. The van der Waals surface area contributed by atoms with Crippen molar-refractivity contribution in [2.45, 2.75) is 11.0 Å². The highest BCUT2D eigenvalue weighted by molar-refractivity contribution is 7.98. The lowest BCUT2D eigenvalue weighted by molar-refractivity contribution is 0.411. The lowest BCUT2D eigenvalue weighted by Crippen LogP contribution is -1.90. The molecule has 0 saturated heterocycles. The van der Waals surface area contributed by atoms with Gasteiger partial charge in [-0.1, -0.05) is 35.5 Å². The summed E-state index contributed by atoms with van der Waals surface area (Å²) in [5, 5.41) is 8.79. The first-order chi connectivity index (χ1) is 11.2. The van der Waals surface area contributed by atoms with Crippen LogP contribution in [0.5, 0.6) is 5.75 Å². The highest BCUT2D eigenvalue weighted by Gasteiger charge is 2.13. The standard InChI is InChI=1S/C16H12ClFN2O2S/c1-21-14-7-6-11(17)8-10(14)9-23-16-20-19-15(22-16)12-4-2-3-5-13(12)18/h2-8H,9H2,1H3. The van der Waals surface area contributed by atoms with E-state index >= 15 is 0 Å². The molecule has 0 fully saturated rings. The third-order valence-corrected chi connectivity index (χ3v) is 4.21. The largest absolute Gasteiger partial charge is 0.496 e. The third kappa shape index (κ3) is 3.65. The fourth-order valence-corrected chi connectivity index (χ4v) is 2.95. The number of methoxy groups -OCH3 is 1. The molecule has 0 N–H and O–H groups in total. The van der Waals surface area contributed by atoms with Gasteiger partial charge < -0.3 is 9.15 Å². The second-order valence-corrected chi connectivity index (χ2v) is 5.96. The molecule has 1 heterocycles. The van der Waals surface area contributed by atoms with Gasteiger partial charge in [0, 0.05) is 16.3 Å². The summed E-state index contributed by atoms with van der Waals surface area (Å²) in [5.41, 5.74) is 1.20. The molecule has 0 aliphatic carbocycles. The summed E-state index contributed by atoms with van der Waals surface area (Å²) >= 11 is 7.33. The van der Waals surface area contributed by atoms with Crippen LogP contribution in [0, 0.1) is 5.82 Å². The molecule has 0 bridgehead atoms. The molecule has 23 heavy (non-hydrogen) atoms. The van der Waals surface area contributed by atoms with Gasteiger partial charge in [0.1, 0.15) is 11.6 Å². The van der Waals surface area contributed by atoms with Gasteiger partial charge in [0.15, 0.2) is 0 Å². The van der Waals surface area contributed by atoms with Crippen molar-refractivity contribution < 1.29 is 13.5 Å². The molecule has 2 aromatic carbocycles.